The van der Waals surface area contributed by atoms with Gasteiger partial charge < -0.3 is 0 Å². The van der Waals surface area contributed by atoms with E-state index in [2.05, 4.69) is 194 Å². The molecular weight excluding hydrogens is 856 g/mol. The van der Waals surface area contributed by atoms with Crippen LogP contribution in [0.2, 0.25) is 0 Å². The van der Waals surface area contributed by atoms with Crippen molar-refractivity contribution in [1.82, 2.24) is 0 Å². The summed E-state index contributed by atoms with van der Waals surface area (Å²) in [5.74, 6) is 5.91. The van der Waals surface area contributed by atoms with Crippen LogP contribution in [0.1, 0.15) is 0 Å². The summed E-state index contributed by atoms with van der Waals surface area (Å²) in [5.41, 5.74) is 0. The minimum absolute atomic E-state index is 0.741. The summed E-state index contributed by atoms with van der Waals surface area (Å²) in [6.45, 7) is 0. The molecule has 58 heavy (non-hydrogen) atoms. The second kappa shape index (κ2) is 17.3. The van der Waals surface area contributed by atoms with E-state index < -0.39 is 30.1 Å². The molecule has 16 heteroatoms. The van der Waals surface area contributed by atoms with Gasteiger partial charge in [0.05, 0.1) is 0 Å². The topological polar surface area (TPSA) is 0 Å². The van der Waals surface area contributed by atoms with E-state index in [1.165, 1.54) is 31.8 Å². The van der Waals surface area contributed by atoms with Crippen molar-refractivity contribution in [2.75, 3.05) is 12.3 Å². The van der Waals surface area contributed by atoms with E-state index in [1.807, 2.05) is 0 Å². The average molecular weight is 893 g/mol. The minimum atomic E-state index is -10.7. The first-order valence-corrected chi connectivity index (χ1v) is 24.8. The third-order valence-corrected chi connectivity index (χ3v) is 16.2. The van der Waals surface area contributed by atoms with Gasteiger partial charge in [0.15, 0.2) is 0 Å². The van der Waals surface area contributed by atoms with Gasteiger partial charge in [0.2, 0.25) is 0 Å². The average Bonchev–Trinajstić information content (AvgIpc) is 3.16. The van der Waals surface area contributed by atoms with E-state index in [-0.39, 0.29) is 0 Å². The van der Waals surface area contributed by atoms with E-state index >= 15 is 0 Å². The molecule has 0 atom stereocenters. The van der Waals surface area contributed by atoms with E-state index in [9.17, 15) is 50.4 Å². The van der Waals surface area contributed by atoms with Crippen LogP contribution in [0.25, 0.3) is 0 Å². The second-order valence-corrected chi connectivity index (χ2v) is 23.1. The fourth-order valence-electron chi connectivity index (χ4n) is 5.81. The first kappa shape index (κ1) is 47.7. The number of hydrogen-bond donors (Lipinski definition) is 0. The molecule has 0 saturated carbocycles. The van der Waals surface area contributed by atoms with Crippen LogP contribution in [0.5, 0.6) is 0 Å². The first-order chi connectivity index (χ1) is 26.7. The normalized spacial score (nSPS) is 13.8. The molecule has 0 aliphatic heterocycles. The molecule has 0 amide bonds. The Bertz CT molecular complexity index is 1880. The Morgan fingerprint density at radius 2 is 0.414 bits per heavy atom. The van der Waals surface area contributed by atoms with E-state index in [4.69, 9.17) is 12.8 Å². The Morgan fingerprint density at radius 1 is 0.293 bits per heavy atom. The van der Waals surface area contributed by atoms with Crippen LogP contribution in [0.4, 0.5) is 50.4 Å². The van der Waals surface area contributed by atoms with Crippen LogP contribution in [0.15, 0.2) is 182 Å². The van der Waals surface area contributed by atoms with Crippen molar-refractivity contribution in [2.24, 2.45) is 0 Å². The summed E-state index contributed by atoms with van der Waals surface area (Å²) < 4.78 is 118. The monoisotopic (exact) mass is 892 g/mol. The summed E-state index contributed by atoms with van der Waals surface area (Å²) in [7, 11) is -24.9. The molecule has 0 aromatic heterocycles. The van der Waals surface area contributed by atoms with Crippen molar-refractivity contribution >= 4 is 62.0 Å². The van der Waals surface area contributed by atoms with Crippen LogP contribution in [-0.2, 0) is 0 Å². The fraction of sp³-hybridized carbons (Fsp3) is 0.0476. The summed E-state index contributed by atoms with van der Waals surface area (Å²) in [6, 6.07) is 64.2. The second-order valence-electron chi connectivity index (χ2n) is 12.3. The number of halogens is 12. The van der Waals surface area contributed by atoms with Crippen molar-refractivity contribution in [3.8, 4) is 24.7 Å². The van der Waals surface area contributed by atoms with Gasteiger partial charge in [0, 0.05) is 0 Å². The van der Waals surface area contributed by atoms with E-state index in [0.29, 0.717) is 0 Å². The molecule has 0 aliphatic rings. The van der Waals surface area contributed by atoms with Crippen molar-refractivity contribution < 1.29 is 50.4 Å². The predicted octanol–water partition coefficient (Wildman–Crippen LogP) is 14.0. The summed E-state index contributed by atoms with van der Waals surface area (Å²) >= 11 is 0. The van der Waals surface area contributed by atoms with Gasteiger partial charge in [-0.15, -0.1) is 12.8 Å². The van der Waals surface area contributed by atoms with Crippen LogP contribution in [-0.4, -0.2) is 12.3 Å². The molecule has 0 saturated heterocycles. The van der Waals surface area contributed by atoms with E-state index in [1.54, 1.807) is 0 Å². The third kappa shape index (κ3) is 17.0. The van der Waals surface area contributed by atoms with Crippen LogP contribution >= 0.6 is 30.1 Å². The zero-order valence-corrected chi connectivity index (χ0v) is 33.8. The number of rotatable bonds is 8. The summed E-state index contributed by atoms with van der Waals surface area (Å²) in [5, 5.41) is 8.03. The van der Waals surface area contributed by atoms with Gasteiger partial charge in [-0.2, -0.15) is 0 Å². The molecule has 0 bridgehead atoms. The van der Waals surface area contributed by atoms with Crippen molar-refractivity contribution in [3.05, 3.63) is 182 Å². The van der Waals surface area contributed by atoms with Crippen molar-refractivity contribution in [2.45, 2.75) is 0 Å². The molecule has 0 spiro atoms. The maximum atomic E-state index is 9.87. The number of terminal acetylenes is 2. The van der Waals surface area contributed by atoms with Gasteiger partial charge in [-0.25, -0.2) is 0 Å². The molecule has 6 aromatic carbocycles. The van der Waals surface area contributed by atoms with Crippen molar-refractivity contribution in [3.63, 3.8) is 0 Å². The predicted molar refractivity (Wildman–Crippen MR) is 225 cm³/mol. The Labute approximate surface area is 330 Å². The molecule has 0 fully saturated rings. The first-order valence-electron chi connectivity index (χ1n) is 16.8. The Balaban J connectivity index is 0.000000235. The van der Waals surface area contributed by atoms with Crippen molar-refractivity contribution in [1.29, 1.82) is 0 Å². The van der Waals surface area contributed by atoms with Gasteiger partial charge in [-0.05, 0) is 72.8 Å². The van der Waals surface area contributed by atoms with Crippen LogP contribution < -0.4 is 31.8 Å². The zero-order chi connectivity index (χ0) is 43.3. The molecule has 308 valence electrons. The standard InChI is InChI=1S/2C21H18P.2F6P/c2*1-2-18-22(19-12-6-3-7-13-19,20-14-8-4-9-15-20)21-16-10-5-11-17-21;2*1-7(2,3,4,5)6/h2*1,3-17H,18H2;;/q2*+1;2*-1. The van der Waals surface area contributed by atoms with Gasteiger partial charge >= 0.3 is 66.0 Å². The fourth-order valence-corrected chi connectivity index (χ4v) is 13.3. The molecule has 0 heterocycles. The summed E-state index contributed by atoms with van der Waals surface area (Å²) in [6.07, 6.45) is 13.1. The molecule has 0 aliphatic carbocycles. The van der Waals surface area contributed by atoms with Crippen LogP contribution in [0.3, 0.4) is 0 Å². The number of benzene rings is 6. The molecule has 6 aromatic rings. The van der Waals surface area contributed by atoms with Gasteiger partial charge in [0.1, 0.15) is 58.7 Å². The molecule has 0 nitrogen and oxygen atoms in total. The third-order valence-electron chi connectivity index (χ3n) is 7.84. The molecule has 0 unspecified atom stereocenters. The molecule has 6 rings (SSSR count). The van der Waals surface area contributed by atoms with Gasteiger partial charge in [-0.3, -0.25) is 0 Å². The van der Waals surface area contributed by atoms with Crippen LogP contribution in [0, 0.1) is 24.7 Å². The SMILES string of the molecule is C#CC[P+](c1ccccc1)(c1ccccc1)c1ccccc1.C#CC[P+](c1ccccc1)(c1ccccc1)c1ccccc1.F[P-](F)(F)(F)(F)F.F[P-](F)(F)(F)(F)F. The quantitative estimate of drug-likeness (QED) is 0.0811. The molecular formula is C42H36F12P4. The Kier molecular flexibility index (Phi) is 14.2. The molecule has 0 N–H and O–H groups in total. The number of hydrogen-bond acceptors (Lipinski definition) is 0. The maximum absolute atomic E-state index is 10.7. The summed E-state index contributed by atoms with van der Waals surface area (Å²) in [4.78, 5) is 0. The van der Waals surface area contributed by atoms with E-state index in [0.717, 1.165) is 12.3 Å². The zero-order valence-electron chi connectivity index (χ0n) is 30.2. The Morgan fingerprint density at radius 3 is 0.517 bits per heavy atom. The Hall–Kier alpha value is -4.68. The molecule has 0 radical (unpaired) electrons. The van der Waals surface area contributed by atoms with Gasteiger partial charge in [0.25, 0.3) is 0 Å². The van der Waals surface area contributed by atoms with Gasteiger partial charge in [-0.1, -0.05) is 121 Å².